The molecule has 1 aliphatic rings. The summed E-state index contributed by atoms with van der Waals surface area (Å²) in [4.78, 5) is 23.6. The van der Waals surface area contributed by atoms with Crippen LogP contribution in [0.2, 0.25) is 0 Å². The van der Waals surface area contributed by atoms with E-state index in [-0.39, 0.29) is 18.5 Å². The highest BCUT2D eigenvalue weighted by Crippen LogP contribution is 2.10. The van der Waals surface area contributed by atoms with E-state index in [4.69, 9.17) is 5.73 Å². The number of hydrogen-bond acceptors (Lipinski definition) is 3. The van der Waals surface area contributed by atoms with Crippen LogP contribution in [0.1, 0.15) is 5.56 Å². The molecular formula is C10H11N3O2. The Balaban J connectivity index is 2.06. The monoisotopic (exact) mass is 205 g/mol. The molecule has 0 aromatic heterocycles. The highest BCUT2D eigenvalue weighted by Gasteiger charge is 2.26. The number of nitrogens with one attached hydrogen (secondary N) is 1. The molecule has 0 unspecified atom stereocenters. The number of carbonyl (C=O) groups excluding carboxylic acids is 2. The minimum absolute atomic E-state index is 0.128. The standard InChI is InChI=1S/C10H11N3O2/c11-8-3-1-7(2-4-8)5-13-6-9(14)12-10(13)15/h1-4H,5-6,11H2,(H,12,14,15). The van der Waals surface area contributed by atoms with Crippen LogP contribution >= 0.6 is 0 Å². The number of carbonyl (C=O) groups is 2. The molecule has 0 saturated carbocycles. The van der Waals surface area contributed by atoms with Crippen molar-refractivity contribution in [1.29, 1.82) is 0 Å². The molecule has 0 spiro atoms. The molecule has 1 aromatic carbocycles. The molecule has 1 saturated heterocycles. The van der Waals surface area contributed by atoms with Gasteiger partial charge in [-0.25, -0.2) is 4.79 Å². The summed E-state index contributed by atoms with van der Waals surface area (Å²) in [5.41, 5.74) is 7.17. The zero-order valence-corrected chi connectivity index (χ0v) is 8.06. The van der Waals surface area contributed by atoms with Crippen molar-refractivity contribution in [3.05, 3.63) is 29.8 Å². The van der Waals surface area contributed by atoms with Gasteiger partial charge >= 0.3 is 6.03 Å². The number of anilines is 1. The van der Waals surface area contributed by atoms with E-state index >= 15 is 0 Å². The summed E-state index contributed by atoms with van der Waals surface area (Å²) in [6.45, 7) is 0.557. The first kappa shape index (κ1) is 9.51. The SMILES string of the molecule is Nc1ccc(CN2CC(=O)NC2=O)cc1. The lowest BCUT2D eigenvalue weighted by Crippen LogP contribution is -2.27. The van der Waals surface area contributed by atoms with Crippen molar-refractivity contribution in [2.75, 3.05) is 12.3 Å². The lowest BCUT2D eigenvalue weighted by molar-refractivity contribution is -0.118. The third-order valence-electron chi connectivity index (χ3n) is 2.22. The summed E-state index contributed by atoms with van der Waals surface area (Å²) in [5.74, 6) is -0.254. The molecule has 0 aliphatic carbocycles. The van der Waals surface area contributed by atoms with E-state index in [9.17, 15) is 9.59 Å². The number of imide groups is 1. The second kappa shape index (κ2) is 3.61. The fourth-order valence-electron chi connectivity index (χ4n) is 1.45. The van der Waals surface area contributed by atoms with Crippen LogP contribution < -0.4 is 11.1 Å². The average Bonchev–Trinajstić information content (AvgIpc) is 2.49. The van der Waals surface area contributed by atoms with E-state index in [1.165, 1.54) is 4.90 Å². The number of rotatable bonds is 2. The number of amides is 3. The predicted octanol–water partition coefficient (Wildman–Crippen LogP) is 0.321. The van der Waals surface area contributed by atoms with Crippen LogP contribution in [0.15, 0.2) is 24.3 Å². The maximum Gasteiger partial charge on any atom is 0.324 e. The molecule has 15 heavy (non-hydrogen) atoms. The first-order chi connectivity index (χ1) is 7.15. The quantitative estimate of drug-likeness (QED) is 0.539. The van der Waals surface area contributed by atoms with E-state index in [1.807, 2.05) is 12.1 Å². The molecule has 1 fully saturated rings. The summed E-state index contributed by atoms with van der Waals surface area (Å²) in [5, 5.41) is 2.22. The van der Waals surface area contributed by atoms with E-state index in [2.05, 4.69) is 5.32 Å². The van der Waals surface area contributed by atoms with Crippen LogP contribution in [0.4, 0.5) is 10.5 Å². The van der Waals surface area contributed by atoms with Crippen molar-refractivity contribution in [2.45, 2.75) is 6.54 Å². The van der Waals surface area contributed by atoms with Gasteiger partial charge in [-0.05, 0) is 17.7 Å². The number of nitrogens with two attached hydrogens (primary N) is 1. The Morgan fingerprint density at radius 2 is 1.93 bits per heavy atom. The van der Waals surface area contributed by atoms with E-state index in [1.54, 1.807) is 12.1 Å². The van der Waals surface area contributed by atoms with Gasteiger partial charge in [-0.1, -0.05) is 12.1 Å². The zero-order valence-electron chi connectivity index (χ0n) is 8.06. The third kappa shape index (κ3) is 2.07. The molecule has 3 amide bonds. The zero-order chi connectivity index (χ0) is 10.8. The van der Waals surface area contributed by atoms with E-state index in [0.717, 1.165) is 5.56 Å². The summed E-state index contributed by atoms with van der Waals surface area (Å²) < 4.78 is 0. The Labute approximate surface area is 86.9 Å². The van der Waals surface area contributed by atoms with Crippen LogP contribution in [-0.2, 0) is 11.3 Å². The van der Waals surface area contributed by atoms with Gasteiger partial charge in [0.25, 0.3) is 0 Å². The summed E-state index contributed by atoms with van der Waals surface area (Å²) in [6, 6.07) is 6.88. The summed E-state index contributed by atoms with van der Waals surface area (Å²) in [7, 11) is 0. The van der Waals surface area contributed by atoms with Crippen LogP contribution in [0.3, 0.4) is 0 Å². The van der Waals surface area contributed by atoms with Crippen molar-refractivity contribution in [2.24, 2.45) is 0 Å². The number of hydrogen-bond donors (Lipinski definition) is 2. The van der Waals surface area contributed by atoms with E-state index in [0.29, 0.717) is 12.2 Å². The summed E-state index contributed by atoms with van der Waals surface area (Å²) >= 11 is 0. The van der Waals surface area contributed by atoms with Crippen molar-refractivity contribution in [3.8, 4) is 0 Å². The maximum atomic E-state index is 11.2. The molecule has 0 atom stereocenters. The van der Waals surface area contributed by atoms with E-state index < -0.39 is 0 Å². The van der Waals surface area contributed by atoms with Gasteiger partial charge in [0.15, 0.2) is 0 Å². The maximum absolute atomic E-state index is 11.2. The minimum atomic E-state index is -0.336. The van der Waals surface area contributed by atoms with Gasteiger partial charge in [-0.3, -0.25) is 10.1 Å². The third-order valence-corrected chi connectivity index (χ3v) is 2.22. The molecule has 3 N–H and O–H groups in total. The van der Waals surface area contributed by atoms with Gasteiger partial charge in [0.1, 0.15) is 6.54 Å². The lowest BCUT2D eigenvalue weighted by Gasteiger charge is -2.12. The van der Waals surface area contributed by atoms with Crippen molar-refractivity contribution >= 4 is 17.6 Å². The smallest absolute Gasteiger partial charge is 0.324 e. The Morgan fingerprint density at radius 3 is 2.47 bits per heavy atom. The molecule has 0 radical (unpaired) electrons. The number of nitrogens with zero attached hydrogens (tertiary/aromatic N) is 1. The van der Waals surface area contributed by atoms with Gasteiger partial charge in [0, 0.05) is 12.2 Å². The highest BCUT2D eigenvalue weighted by molar-refractivity contribution is 6.01. The lowest BCUT2D eigenvalue weighted by atomic mass is 10.2. The Hall–Kier alpha value is -2.04. The summed E-state index contributed by atoms with van der Waals surface area (Å²) in [6.07, 6.45) is 0. The molecule has 5 nitrogen and oxygen atoms in total. The fourth-order valence-corrected chi connectivity index (χ4v) is 1.45. The first-order valence-corrected chi connectivity index (χ1v) is 4.58. The first-order valence-electron chi connectivity index (χ1n) is 4.58. The van der Waals surface area contributed by atoms with Gasteiger partial charge in [-0.2, -0.15) is 0 Å². The van der Waals surface area contributed by atoms with Gasteiger partial charge in [0.05, 0.1) is 0 Å². The van der Waals surface area contributed by atoms with Gasteiger partial charge < -0.3 is 10.6 Å². The van der Waals surface area contributed by atoms with Crippen LogP contribution in [0, 0.1) is 0 Å². The molecule has 1 aliphatic heterocycles. The second-order valence-electron chi connectivity index (χ2n) is 3.45. The highest BCUT2D eigenvalue weighted by atomic mass is 16.2. The average molecular weight is 205 g/mol. The molecule has 1 aromatic rings. The van der Waals surface area contributed by atoms with Gasteiger partial charge in [-0.15, -0.1) is 0 Å². The van der Waals surface area contributed by atoms with Crippen LogP contribution in [0.5, 0.6) is 0 Å². The molecular weight excluding hydrogens is 194 g/mol. The molecule has 0 bridgehead atoms. The van der Waals surface area contributed by atoms with Crippen molar-refractivity contribution < 1.29 is 9.59 Å². The number of nitrogen functional groups attached to an aromatic ring is 1. The normalized spacial score (nSPS) is 15.6. The molecule has 1 heterocycles. The van der Waals surface area contributed by atoms with Crippen LogP contribution in [0.25, 0.3) is 0 Å². The fraction of sp³-hybridized carbons (Fsp3) is 0.200. The minimum Gasteiger partial charge on any atom is -0.399 e. The van der Waals surface area contributed by atoms with Crippen LogP contribution in [-0.4, -0.2) is 23.4 Å². The number of urea groups is 1. The van der Waals surface area contributed by atoms with Crippen molar-refractivity contribution in [1.82, 2.24) is 10.2 Å². The molecule has 5 heteroatoms. The molecule has 2 rings (SSSR count). The number of benzene rings is 1. The topological polar surface area (TPSA) is 75.4 Å². The Morgan fingerprint density at radius 1 is 1.27 bits per heavy atom. The van der Waals surface area contributed by atoms with Gasteiger partial charge in [0.2, 0.25) is 5.91 Å². The predicted molar refractivity (Wildman–Crippen MR) is 54.8 cm³/mol. The Bertz CT molecular complexity index is 400. The Kier molecular flexibility index (Phi) is 2.29. The largest absolute Gasteiger partial charge is 0.399 e. The second-order valence-corrected chi connectivity index (χ2v) is 3.45. The van der Waals surface area contributed by atoms with Crippen molar-refractivity contribution in [3.63, 3.8) is 0 Å². The molecule has 78 valence electrons.